The summed E-state index contributed by atoms with van der Waals surface area (Å²) < 4.78 is 5.09. The molecule has 0 aromatic carbocycles. The molecule has 0 amide bonds. The molecule has 2 rings (SSSR count). The fourth-order valence-electron chi connectivity index (χ4n) is 1.14. The molecule has 0 radical (unpaired) electrons. The standard InChI is InChI=1S/C12H10N2O/c1(2-7-12-14-9-10-15-12)5-11-6-3-4-8-13-11/h3-4,6,8-10H,2,7H2. The SMILES string of the molecule is C(#Cc1ccccn1)CCc1ncco1. The highest BCUT2D eigenvalue weighted by molar-refractivity contribution is 5.26. The van der Waals surface area contributed by atoms with Crippen molar-refractivity contribution >= 4 is 0 Å². The molecule has 2 heterocycles. The van der Waals surface area contributed by atoms with E-state index in [0.29, 0.717) is 0 Å². The molecule has 0 N–H and O–H groups in total. The van der Waals surface area contributed by atoms with Crippen molar-refractivity contribution < 1.29 is 4.42 Å². The number of aromatic nitrogens is 2. The fraction of sp³-hybridized carbons (Fsp3) is 0.167. The number of aryl methyl sites for hydroxylation is 1. The maximum atomic E-state index is 5.09. The first-order chi connectivity index (χ1) is 7.45. The van der Waals surface area contributed by atoms with Gasteiger partial charge >= 0.3 is 0 Å². The Morgan fingerprint density at radius 1 is 1.20 bits per heavy atom. The van der Waals surface area contributed by atoms with E-state index in [4.69, 9.17) is 4.42 Å². The first kappa shape index (κ1) is 9.47. The molecule has 74 valence electrons. The Bertz CT molecular complexity index is 451. The van der Waals surface area contributed by atoms with Crippen LogP contribution in [0, 0.1) is 11.8 Å². The van der Waals surface area contributed by atoms with E-state index in [-0.39, 0.29) is 0 Å². The maximum Gasteiger partial charge on any atom is 0.194 e. The van der Waals surface area contributed by atoms with E-state index < -0.39 is 0 Å². The molecule has 0 spiro atoms. The van der Waals surface area contributed by atoms with Gasteiger partial charge in [-0.2, -0.15) is 0 Å². The number of rotatable bonds is 2. The van der Waals surface area contributed by atoms with Crippen LogP contribution >= 0.6 is 0 Å². The van der Waals surface area contributed by atoms with E-state index in [9.17, 15) is 0 Å². The number of pyridine rings is 1. The van der Waals surface area contributed by atoms with Crippen LogP contribution in [0.5, 0.6) is 0 Å². The van der Waals surface area contributed by atoms with Crippen LogP contribution < -0.4 is 0 Å². The molecule has 15 heavy (non-hydrogen) atoms. The molecule has 0 bridgehead atoms. The molecule has 0 aliphatic heterocycles. The molecule has 3 heteroatoms. The highest BCUT2D eigenvalue weighted by Gasteiger charge is 1.93. The van der Waals surface area contributed by atoms with Gasteiger partial charge in [-0.15, -0.1) is 0 Å². The van der Waals surface area contributed by atoms with E-state index in [0.717, 1.165) is 24.4 Å². The number of hydrogen-bond acceptors (Lipinski definition) is 3. The Morgan fingerprint density at radius 2 is 2.20 bits per heavy atom. The van der Waals surface area contributed by atoms with E-state index in [1.165, 1.54) is 0 Å². The molecule has 0 fully saturated rings. The molecule has 0 atom stereocenters. The van der Waals surface area contributed by atoms with E-state index >= 15 is 0 Å². The monoisotopic (exact) mass is 198 g/mol. The summed E-state index contributed by atoms with van der Waals surface area (Å²) in [5, 5.41) is 0. The van der Waals surface area contributed by atoms with Gasteiger partial charge in [0.25, 0.3) is 0 Å². The lowest BCUT2D eigenvalue weighted by molar-refractivity contribution is 0.496. The molecule has 0 unspecified atom stereocenters. The van der Waals surface area contributed by atoms with E-state index in [1.54, 1.807) is 18.7 Å². The zero-order valence-corrected chi connectivity index (χ0v) is 8.18. The summed E-state index contributed by atoms with van der Waals surface area (Å²) in [6.45, 7) is 0. The van der Waals surface area contributed by atoms with Crippen LogP contribution in [0.2, 0.25) is 0 Å². The fourth-order valence-corrected chi connectivity index (χ4v) is 1.14. The van der Waals surface area contributed by atoms with Crippen molar-refractivity contribution in [2.45, 2.75) is 12.8 Å². The lowest BCUT2D eigenvalue weighted by atomic mass is 10.3. The van der Waals surface area contributed by atoms with Crippen molar-refractivity contribution in [3.63, 3.8) is 0 Å². The van der Waals surface area contributed by atoms with Crippen molar-refractivity contribution in [1.82, 2.24) is 9.97 Å². The second-order valence-electron chi connectivity index (χ2n) is 2.94. The minimum Gasteiger partial charge on any atom is -0.449 e. The lowest BCUT2D eigenvalue weighted by Gasteiger charge is -1.87. The van der Waals surface area contributed by atoms with Crippen molar-refractivity contribution in [2.75, 3.05) is 0 Å². The average Bonchev–Trinajstić information content (AvgIpc) is 2.79. The summed E-state index contributed by atoms with van der Waals surface area (Å²) in [5.41, 5.74) is 0.796. The normalized spacial score (nSPS) is 9.33. The zero-order chi connectivity index (χ0) is 10.3. The van der Waals surface area contributed by atoms with Crippen molar-refractivity contribution in [3.05, 3.63) is 48.4 Å². The molecular weight excluding hydrogens is 188 g/mol. The van der Waals surface area contributed by atoms with Crippen LogP contribution in [0.4, 0.5) is 0 Å². The number of hydrogen-bond donors (Lipinski definition) is 0. The van der Waals surface area contributed by atoms with Gasteiger partial charge in [-0.25, -0.2) is 9.97 Å². The van der Waals surface area contributed by atoms with Crippen LogP contribution in [-0.2, 0) is 6.42 Å². The average molecular weight is 198 g/mol. The zero-order valence-electron chi connectivity index (χ0n) is 8.18. The van der Waals surface area contributed by atoms with Crippen molar-refractivity contribution in [1.29, 1.82) is 0 Å². The van der Waals surface area contributed by atoms with Gasteiger partial charge in [0.1, 0.15) is 12.0 Å². The topological polar surface area (TPSA) is 38.9 Å². The third kappa shape index (κ3) is 2.96. The molecule has 2 aromatic heterocycles. The molecule has 0 aliphatic rings. The van der Waals surface area contributed by atoms with Gasteiger partial charge in [0.2, 0.25) is 0 Å². The molecule has 0 saturated heterocycles. The summed E-state index contributed by atoms with van der Waals surface area (Å²) in [5.74, 6) is 6.73. The second kappa shape index (κ2) is 4.97. The van der Waals surface area contributed by atoms with Gasteiger partial charge < -0.3 is 4.42 Å². The Kier molecular flexibility index (Phi) is 3.14. The Balaban J connectivity index is 1.86. The van der Waals surface area contributed by atoms with Crippen molar-refractivity contribution in [2.24, 2.45) is 0 Å². The van der Waals surface area contributed by atoms with Crippen LogP contribution in [0.1, 0.15) is 18.0 Å². The summed E-state index contributed by atoms with van der Waals surface area (Å²) in [6.07, 6.45) is 6.42. The minimum absolute atomic E-state index is 0.727. The van der Waals surface area contributed by atoms with Crippen LogP contribution in [0.3, 0.4) is 0 Å². The minimum atomic E-state index is 0.727. The lowest BCUT2D eigenvalue weighted by Crippen LogP contribution is -1.83. The highest BCUT2D eigenvalue weighted by Crippen LogP contribution is 1.98. The van der Waals surface area contributed by atoms with Gasteiger partial charge in [0.15, 0.2) is 5.89 Å². The van der Waals surface area contributed by atoms with E-state index in [1.807, 2.05) is 18.2 Å². The largest absolute Gasteiger partial charge is 0.449 e. The van der Waals surface area contributed by atoms with Gasteiger partial charge in [-0.1, -0.05) is 12.0 Å². The smallest absolute Gasteiger partial charge is 0.194 e. The molecular formula is C12H10N2O. The molecule has 0 aliphatic carbocycles. The Morgan fingerprint density at radius 3 is 2.93 bits per heavy atom. The number of nitrogens with zero attached hydrogens (tertiary/aromatic N) is 2. The predicted octanol–water partition coefficient (Wildman–Crippen LogP) is 2.05. The van der Waals surface area contributed by atoms with Crippen molar-refractivity contribution in [3.8, 4) is 11.8 Å². The Labute approximate surface area is 88.2 Å². The van der Waals surface area contributed by atoms with Gasteiger partial charge in [0.05, 0.1) is 6.20 Å². The van der Waals surface area contributed by atoms with Gasteiger partial charge in [-0.05, 0) is 18.1 Å². The first-order valence-corrected chi connectivity index (χ1v) is 4.73. The van der Waals surface area contributed by atoms with Crippen LogP contribution in [0.15, 0.2) is 41.3 Å². The molecule has 3 nitrogen and oxygen atoms in total. The summed E-state index contributed by atoms with van der Waals surface area (Å²) in [6, 6.07) is 5.68. The molecule has 2 aromatic rings. The predicted molar refractivity (Wildman–Crippen MR) is 55.9 cm³/mol. The van der Waals surface area contributed by atoms with Crippen LogP contribution in [-0.4, -0.2) is 9.97 Å². The third-order valence-corrected chi connectivity index (χ3v) is 1.83. The molecule has 0 saturated carbocycles. The van der Waals surface area contributed by atoms with Gasteiger partial charge in [-0.3, -0.25) is 0 Å². The summed E-state index contributed by atoms with van der Waals surface area (Å²) >= 11 is 0. The first-order valence-electron chi connectivity index (χ1n) is 4.73. The summed E-state index contributed by atoms with van der Waals surface area (Å²) in [7, 11) is 0. The van der Waals surface area contributed by atoms with Crippen LogP contribution in [0.25, 0.3) is 0 Å². The number of oxazole rings is 1. The third-order valence-electron chi connectivity index (χ3n) is 1.83. The van der Waals surface area contributed by atoms with Gasteiger partial charge in [0, 0.05) is 19.0 Å². The highest BCUT2D eigenvalue weighted by atomic mass is 16.3. The maximum absolute atomic E-state index is 5.09. The summed E-state index contributed by atoms with van der Waals surface area (Å²) in [4.78, 5) is 8.11. The van der Waals surface area contributed by atoms with E-state index in [2.05, 4.69) is 21.8 Å². The Hall–Kier alpha value is -2.08. The quantitative estimate of drug-likeness (QED) is 0.693. The second-order valence-corrected chi connectivity index (χ2v) is 2.94.